The van der Waals surface area contributed by atoms with Crippen molar-refractivity contribution in [3.63, 3.8) is 0 Å². The quantitative estimate of drug-likeness (QED) is 0.335. The number of rotatable bonds is 12. The highest BCUT2D eigenvalue weighted by Gasteiger charge is 2.32. The molecule has 1 N–H and O–H groups in total. The summed E-state index contributed by atoms with van der Waals surface area (Å²) in [6, 6.07) is 11.4. The second-order valence-corrected chi connectivity index (χ2v) is 10.3. The predicted molar refractivity (Wildman–Crippen MR) is 136 cm³/mol. The topological polar surface area (TPSA) is 139 Å². The summed E-state index contributed by atoms with van der Waals surface area (Å²) in [5.74, 6) is -1.01. The number of methoxy groups -OCH3 is 1. The molecular weight excluding hydrogens is 488 g/mol. The Bertz CT molecular complexity index is 1190. The molecule has 2 aromatic rings. The smallest absolute Gasteiger partial charge is 0.271 e. The first-order valence-electron chi connectivity index (χ1n) is 11.3. The van der Waals surface area contributed by atoms with Gasteiger partial charge >= 0.3 is 0 Å². The number of amides is 2. The molecule has 0 radical (unpaired) electrons. The van der Waals surface area contributed by atoms with Crippen molar-refractivity contribution < 1.29 is 27.7 Å². The summed E-state index contributed by atoms with van der Waals surface area (Å²) >= 11 is 0. The number of hydrogen-bond donors (Lipinski definition) is 1. The lowest BCUT2D eigenvalue weighted by Gasteiger charge is -2.32. The number of sulfonamides is 1. The first-order valence-corrected chi connectivity index (χ1v) is 13.2. The first kappa shape index (κ1) is 28.6. The zero-order valence-corrected chi connectivity index (χ0v) is 21.8. The maximum absolute atomic E-state index is 13.6. The van der Waals surface area contributed by atoms with Gasteiger partial charge in [0.05, 0.1) is 18.3 Å². The summed E-state index contributed by atoms with van der Waals surface area (Å²) in [5.41, 5.74) is 0.223. The third kappa shape index (κ3) is 7.41. The molecule has 36 heavy (non-hydrogen) atoms. The van der Waals surface area contributed by atoms with Gasteiger partial charge in [0.1, 0.15) is 24.0 Å². The lowest BCUT2D eigenvalue weighted by atomic mass is 10.1. The number of carbonyl (C=O) groups is 2. The number of nitro groups is 1. The zero-order chi connectivity index (χ0) is 27.0. The molecule has 0 heterocycles. The number of benzene rings is 2. The SMILES string of the molecule is CCC(C)NC(=O)C(C)N(Cc1ccccc1)C(=O)CN(c1cc([N+](=O)[O-])ccc1OC)S(C)(=O)=O. The number of nitro benzene ring substituents is 1. The Hall–Kier alpha value is -3.67. The van der Waals surface area contributed by atoms with Crippen molar-refractivity contribution in [2.45, 2.75) is 45.8 Å². The van der Waals surface area contributed by atoms with Crippen LogP contribution >= 0.6 is 0 Å². The van der Waals surface area contributed by atoms with Gasteiger partial charge in [-0.2, -0.15) is 0 Å². The number of anilines is 1. The van der Waals surface area contributed by atoms with Crippen LogP contribution in [0.4, 0.5) is 11.4 Å². The second kappa shape index (κ2) is 12.3. The standard InChI is InChI=1S/C24H32N4O7S/c1-6-17(2)25-24(30)18(3)26(15-19-10-8-7-9-11-19)23(29)16-27(36(5,33)34)21-14-20(28(31)32)12-13-22(21)35-4/h7-14,17-18H,6,15-16H2,1-5H3,(H,25,30). The molecule has 2 amide bonds. The van der Waals surface area contributed by atoms with Crippen LogP contribution in [0.15, 0.2) is 48.5 Å². The van der Waals surface area contributed by atoms with E-state index in [-0.39, 0.29) is 35.6 Å². The molecule has 196 valence electrons. The minimum atomic E-state index is -4.08. The van der Waals surface area contributed by atoms with Gasteiger partial charge in [0.25, 0.3) is 5.69 Å². The monoisotopic (exact) mass is 520 g/mol. The zero-order valence-electron chi connectivity index (χ0n) is 21.0. The van der Waals surface area contributed by atoms with Crippen molar-refractivity contribution in [3.05, 3.63) is 64.2 Å². The number of ether oxygens (including phenoxy) is 1. The van der Waals surface area contributed by atoms with E-state index in [0.29, 0.717) is 6.42 Å². The minimum Gasteiger partial charge on any atom is -0.495 e. The van der Waals surface area contributed by atoms with E-state index in [1.807, 2.05) is 19.9 Å². The van der Waals surface area contributed by atoms with E-state index in [4.69, 9.17) is 4.74 Å². The molecule has 2 aromatic carbocycles. The molecule has 2 rings (SSSR count). The van der Waals surface area contributed by atoms with Gasteiger partial charge in [0.15, 0.2) is 0 Å². The van der Waals surface area contributed by atoms with Gasteiger partial charge in [0.2, 0.25) is 21.8 Å². The molecule has 11 nitrogen and oxygen atoms in total. The summed E-state index contributed by atoms with van der Waals surface area (Å²) in [4.78, 5) is 38.4. The Kier molecular flexibility index (Phi) is 9.79. The van der Waals surface area contributed by atoms with Crippen molar-refractivity contribution in [3.8, 4) is 5.75 Å². The normalized spacial score (nSPS) is 12.8. The van der Waals surface area contributed by atoms with Crippen molar-refractivity contribution in [2.24, 2.45) is 0 Å². The van der Waals surface area contributed by atoms with E-state index < -0.39 is 33.4 Å². The molecule has 12 heteroatoms. The lowest BCUT2D eigenvalue weighted by molar-refractivity contribution is -0.384. The molecule has 0 aliphatic carbocycles. The fourth-order valence-corrected chi connectivity index (χ4v) is 4.25. The number of nitrogens with zero attached hydrogens (tertiary/aromatic N) is 3. The predicted octanol–water partition coefficient (Wildman–Crippen LogP) is 2.70. The van der Waals surface area contributed by atoms with Crippen molar-refractivity contribution >= 4 is 33.2 Å². The Morgan fingerprint density at radius 2 is 1.78 bits per heavy atom. The third-order valence-electron chi connectivity index (χ3n) is 5.69. The van der Waals surface area contributed by atoms with Crippen LogP contribution in [0.1, 0.15) is 32.8 Å². The molecule has 2 unspecified atom stereocenters. The molecule has 0 bridgehead atoms. The minimum absolute atomic E-state index is 0.0380. The Morgan fingerprint density at radius 1 is 1.14 bits per heavy atom. The van der Waals surface area contributed by atoms with Crippen LogP contribution in [-0.2, 0) is 26.2 Å². The fraction of sp³-hybridized carbons (Fsp3) is 0.417. The van der Waals surface area contributed by atoms with Crippen LogP contribution in [0, 0.1) is 10.1 Å². The van der Waals surface area contributed by atoms with E-state index in [0.717, 1.165) is 22.2 Å². The molecule has 0 fully saturated rings. The van der Waals surface area contributed by atoms with E-state index in [9.17, 15) is 28.1 Å². The Balaban J connectivity index is 2.49. The summed E-state index contributed by atoms with van der Waals surface area (Å²) in [5, 5.41) is 14.2. The van der Waals surface area contributed by atoms with Gasteiger partial charge in [0, 0.05) is 24.7 Å². The maximum Gasteiger partial charge on any atom is 0.271 e. The molecular formula is C24H32N4O7S. The largest absolute Gasteiger partial charge is 0.495 e. The van der Waals surface area contributed by atoms with Gasteiger partial charge in [-0.1, -0.05) is 37.3 Å². The summed E-state index contributed by atoms with van der Waals surface area (Å²) in [6.07, 6.45) is 1.58. The maximum atomic E-state index is 13.6. The average Bonchev–Trinajstić information content (AvgIpc) is 2.84. The van der Waals surface area contributed by atoms with Crippen molar-refractivity contribution in [1.29, 1.82) is 0 Å². The van der Waals surface area contributed by atoms with Crippen LogP contribution in [0.5, 0.6) is 5.75 Å². The van der Waals surface area contributed by atoms with Crippen LogP contribution < -0.4 is 14.4 Å². The van der Waals surface area contributed by atoms with Crippen LogP contribution in [-0.4, -0.2) is 62.0 Å². The molecule has 0 saturated heterocycles. The molecule has 0 spiro atoms. The third-order valence-corrected chi connectivity index (χ3v) is 6.81. The van der Waals surface area contributed by atoms with Crippen molar-refractivity contribution in [1.82, 2.24) is 10.2 Å². The van der Waals surface area contributed by atoms with Crippen LogP contribution in [0.3, 0.4) is 0 Å². The average molecular weight is 521 g/mol. The molecule has 0 aromatic heterocycles. The first-order chi connectivity index (χ1) is 16.9. The number of non-ortho nitro benzene ring substituents is 1. The van der Waals surface area contributed by atoms with E-state index in [1.165, 1.54) is 24.1 Å². The van der Waals surface area contributed by atoms with Crippen LogP contribution in [0.2, 0.25) is 0 Å². The summed E-state index contributed by atoms with van der Waals surface area (Å²) in [7, 11) is -2.79. The van der Waals surface area contributed by atoms with E-state index in [2.05, 4.69) is 5.32 Å². The molecule has 0 saturated carbocycles. The van der Waals surface area contributed by atoms with Gasteiger partial charge in [-0.05, 0) is 31.9 Å². The Labute approximate surface area is 211 Å². The Morgan fingerprint density at radius 3 is 2.31 bits per heavy atom. The fourth-order valence-electron chi connectivity index (χ4n) is 3.41. The van der Waals surface area contributed by atoms with Crippen LogP contribution in [0.25, 0.3) is 0 Å². The van der Waals surface area contributed by atoms with Gasteiger partial charge in [-0.3, -0.25) is 24.0 Å². The highest BCUT2D eigenvalue weighted by Crippen LogP contribution is 2.33. The van der Waals surface area contributed by atoms with Gasteiger partial charge in [-0.25, -0.2) is 8.42 Å². The summed E-state index contributed by atoms with van der Waals surface area (Å²) < 4.78 is 31.4. The number of hydrogen-bond acceptors (Lipinski definition) is 7. The van der Waals surface area contributed by atoms with Gasteiger partial charge < -0.3 is 15.0 Å². The molecule has 2 atom stereocenters. The lowest BCUT2D eigenvalue weighted by Crippen LogP contribution is -2.52. The highest BCUT2D eigenvalue weighted by atomic mass is 32.2. The highest BCUT2D eigenvalue weighted by molar-refractivity contribution is 7.92. The van der Waals surface area contributed by atoms with E-state index in [1.54, 1.807) is 31.2 Å². The number of nitrogens with one attached hydrogen (secondary N) is 1. The summed E-state index contributed by atoms with van der Waals surface area (Å²) in [6.45, 7) is 4.69. The second-order valence-electron chi connectivity index (χ2n) is 8.38. The molecule has 0 aliphatic heterocycles. The van der Waals surface area contributed by atoms with Crippen molar-refractivity contribution in [2.75, 3.05) is 24.2 Å². The molecule has 0 aliphatic rings. The van der Waals surface area contributed by atoms with E-state index >= 15 is 0 Å². The van der Waals surface area contributed by atoms with Gasteiger partial charge in [-0.15, -0.1) is 0 Å². The number of carbonyl (C=O) groups excluding carboxylic acids is 2.